The number of aliphatic imine (C=N–C) groups is 1. The molecule has 2 saturated heterocycles. The van der Waals surface area contributed by atoms with E-state index in [1.165, 1.54) is 16.2 Å². The zero-order valence-corrected chi connectivity index (χ0v) is 18.4. The normalized spacial score (nSPS) is 23.2. The lowest BCUT2D eigenvalue weighted by Crippen LogP contribution is -2.64. The number of carbonyl (C=O) groups excluding carboxylic acids is 2. The first-order chi connectivity index (χ1) is 15.5. The van der Waals surface area contributed by atoms with E-state index in [1.807, 2.05) is 12.1 Å². The van der Waals surface area contributed by atoms with E-state index in [0.29, 0.717) is 6.54 Å². The van der Waals surface area contributed by atoms with Crippen LogP contribution in [0.4, 0.5) is 10.5 Å². The average Bonchev–Trinajstić information content (AvgIpc) is 3.18. The van der Waals surface area contributed by atoms with E-state index in [1.54, 1.807) is 7.05 Å². The maximum atomic E-state index is 12.9. The van der Waals surface area contributed by atoms with E-state index in [2.05, 4.69) is 69.4 Å². The first-order valence-corrected chi connectivity index (χ1v) is 11.0. The number of piperazine rings is 1. The number of nitrogens with zero attached hydrogens (tertiary/aromatic N) is 5. The van der Waals surface area contributed by atoms with Crippen LogP contribution in [0.1, 0.15) is 11.1 Å². The second-order valence-electron chi connectivity index (χ2n) is 8.62. The van der Waals surface area contributed by atoms with Crippen molar-refractivity contribution in [2.75, 3.05) is 38.1 Å². The molecule has 0 bridgehead atoms. The largest absolute Gasteiger partial charge is 0.368 e. The summed E-state index contributed by atoms with van der Waals surface area (Å²) in [4.78, 5) is 38.2. The number of carbonyl (C=O) groups is 2. The summed E-state index contributed by atoms with van der Waals surface area (Å²) in [6, 6.07) is 17.8. The Bertz CT molecular complexity index is 1050. The highest BCUT2D eigenvalue weighted by molar-refractivity contribution is 6.03. The van der Waals surface area contributed by atoms with Crippen LogP contribution in [0.2, 0.25) is 0 Å². The van der Waals surface area contributed by atoms with Gasteiger partial charge in [0.15, 0.2) is 18.2 Å². The maximum absolute atomic E-state index is 12.9. The Morgan fingerprint density at radius 3 is 2.41 bits per heavy atom. The van der Waals surface area contributed by atoms with Crippen LogP contribution in [-0.4, -0.2) is 78.0 Å². The summed E-state index contributed by atoms with van der Waals surface area (Å²) in [5.41, 5.74) is 3.51. The predicted molar refractivity (Wildman–Crippen MR) is 123 cm³/mol. The molecule has 5 rings (SSSR count). The molecule has 0 radical (unpaired) electrons. The summed E-state index contributed by atoms with van der Waals surface area (Å²) in [5, 5.41) is 2.49. The van der Waals surface area contributed by atoms with Gasteiger partial charge in [0.2, 0.25) is 0 Å². The van der Waals surface area contributed by atoms with Crippen LogP contribution in [0, 0.1) is 6.92 Å². The van der Waals surface area contributed by atoms with Gasteiger partial charge in [0.1, 0.15) is 0 Å². The minimum absolute atomic E-state index is 0.285. The number of anilines is 1. The number of urea groups is 1. The van der Waals surface area contributed by atoms with Gasteiger partial charge in [0.05, 0.1) is 0 Å². The highest BCUT2D eigenvalue weighted by Gasteiger charge is 2.49. The van der Waals surface area contributed by atoms with Gasteiger partial charge in [-0.25, -0.2) is 9.79 Å². The van der Waals surface area contributed by atoms with Gasteiger partial charge in [-0.05, 0) is 24.6 Å². The van der Waals surface area contributed by atoms with Gasteiger partial charge in [-0.2, -0.15) is 0 Å². The third kappa shape index (κ3) is 3.66. The molecule has 3 aliphatic heterocycles. The summed E-state index contributed by atoms with van der Waals surface area (Å²) in [6.45, 7) is 5.98. The SMILES string of the molecule is Cc1cccc(CN2C(N3CCN(c4ccccc4)CC3)=NC3C2C(=O)NC(=O)N3C)c1. The molecule has 1 N–H and O–H groups in total. The van der Waals surface area contributed by atoms with Crippen molar-refractivity contribution in [2.45, 2.75) is 25.7 Å². The molecule has 0 spiro atoms. The Balaban J connectivity index is 1.40. The molecule has 3 aliphatic rings. The summed E-state index contributed by atoms with van der Waals surface area (Å²) < 4.78 is 0. The van der Waals surface area contributed by atoms with E-state index in [0.717, 1.165) is 37.7 Å². The Labute approximate surface area is 188 Å². The van der Waals surface area contributed by atoms with Crippen molar-refractivity contribution in [3.05, 3.63) is 65.7 Å². The van der Waals surface area contributed by atoms with E-state index >= 15 is 0 Å². The molecule has 0 aromatic heterocycles. The molecular weight excluding hydrogens is 404 g/mol. The van der Waals surface area contributed by atoms with E-state index in [9.17, 15) is 9.59 Å². The molecule has 2 aromatic rings. The van der Waals surface area contributed by atoms with Crippen molar-refractivity contribution < 1.29 is 9.59 Å². The predicted octanol–water partition coefficient (Wildman–Crippen LogP) is 1.87. The van der Waals surface area contributed by atoms with Crippen LogP contribution in [0.3, 0.4) is 0 Å². The molecule has 166 valence electrons. The number of guanidine groups is 1. The monoisotopic (exact) mass is 432 g/mol. The number of para-hydroxylation sites is 1. The highest BCUT2D eigenvalue weighted by Crippen LogP contribution is 2.28. The van der Waals surface area contributed by atoms with Crippen LogP contribution >= 0.6 is 0 Å². The number of fused-ring (bicyclic) bond motifs is 1. The number of rotatable bonds is 3. The quantitative estimate of drug-likeness (QED) is 0.802. The summed E-state index contributed by atoms with van der Waals surface area (Å²) in [5.74, 6) is 0.512. The van der Waals surface area contributed by atoms with Gasteiger partial charge in [-0.3, -0.25) is 10.1 Å². The molecule has 8 heteroatoms. The van der Waals surface area contributed by atoms with Crippen LogP contribution in [-0.2, 0) is 11.3 Å². The third-order valence-corrected chi connectivity index (χ3v) is 6.46. The highest BCUT2D eigenvalue weighted by atomic mass is 16.2. The molecule has 2 unspecified atom stereocenters. The van der Waals surface area contributed by atoms with Crippen molar-refractivity contribution in [1.82, 2.24) is 20.0 Å². The maximum Gasteiger partial charge on any atom is 0.325 e. The fourth-order valence-electron chi connectivity index (χ4n) is 4.75. The number of hydrogen-bond acceptors (Lipinski definition) is 6. The molecule has 3 heterocycles. The zero-order valence-electron chi connectivity index (χ0n) is 18.4. The summed E-state index contributed by atoms with van der Waals surface area (Å²) >= 11 is 0. The number of aryl methyl sites for hydroxylation is 1. The second kappa shape index (κ2) is 8.18. The van der Waals surface area contributed by atoms with Crippen molar-refractivity contribution in [2.24, 2.45) is 4.99 Å². The second-order valence-corrected chi connectivity index (χ2v) is 8.62. The number of benzene rings is 2. The van der Waals surface area contributed by atoms with Gasteiger partial charge >= 0.3 is 6.03 Å². The van der Waals surface area contributed by atoms with Crippen molar-refractivity contribution in [3.63, 3.8) is 0 Å². The van der Waals surface area contributed by atoms with E-state index in [4.69, 9.17) is 4.99 Å². The van der Waals surface area contributed by atoms with Crippen molar-refractivity contribution in [3.8, 4) is 0 Å². The average molecular weight is 433 g/mol. The Kier molecular flexibility index (Phi) is 5.20. The lowest BCUT2D eigenvalue weighted by Gasteiger charge is -2.41. The molecule has 2 aromatic carbocycles. The van der Waals surface area contributed by atoms with E-state index < -0.39 is 18.2 Å². The molecule has 3 amide bonds. The van der Waals surface area contributed by atoms with Gasteiger partial charge in [0, 0.05) is 45.5 Å². The fourth-order valence-corrected chi connectivity index (χ4v) is 4.75. The van der Waals surface area contributed by atoms with Crippen molar-refractivity contribution >= 4 is 23.6 Å². The minimum atomic E-state index is -0.527. The number of amides is 3. The molecule has 32 heavy (non-hydrogen) atoms. The lowest BCUT2D eigenvalue weighted by atomic mass is 10.1. The molecule has 0 aliphatic carbocycles. The summed E-state index contributed by atoms with van der Waals surface area (Å²) in [6.07, 6.45) is -0.511. The van der Waals surface area contributed by atoms with Gasteiger partial charge < -0.3 is 19.6 Å². The number of likely N-dealkylation sites (N-methyl/N-ethyl adjacent to an activating group) is 1. The molecule has 8 nitrogen and oxygen atoms in total. The van der Waals surface area contributed by atoms with Crippen LogP contribution in [0.5, 0.6) is 0 Å². The Morgan fingerprint density at radius 2 is 1.69 bits per heavy atom. The number of hydrogen-bond donors (Lipinski definition) is 1. The minimum Gasteiger partial charge on any atom is -0.368 e. The molecule has 0 saturated carbocycles. The zero-order chi connectivity index (χ0) is 22.2. The smallest absolute Gasteiger partial charge is 0.325 e. The molecule has 2 fully saturated rings. The number of imide groups is 1. The molecular formula is C24H28N6O2. The standard InChI is InChI=1S/C24H28N6O2/c1-17-7-6-8-18(15-17)16-30-20-21(27(2)24(32)26-22(20)31)25-23(30)29-13-11-28(12-14-29)19-9-4-3-5-10-19/h3-10,15,20-21H,11-14,16H2,1-2H3,(H,26,31,32). The third-order valence-electron chi connectivity index (χ3n) is 6.46. The lowest BCUT2D eigenvalue weighted by molar-refractivity contribution is -0.127. The van der Waals surface area contributed by atoms with E-state index in [-0.39, 0.29) is 5.91 Å². The Morgan fingerprint density at radius 1 is 0.969 bits per heavy atom. The first kappa shape index (κ1) is 20.4. The van der Waals surface area contributed by atoms with Crippen LogP contribution in [0.15, 0.2) is 59.6 Å². The van der Waals surface area contributed by atoms with Gasteiger partial charge in [0.25, 0.3) is 5.91 Å². The Hall–Kier alpha value is -3.55. The molecule has 2 atom stereocenters. The van der Waals surface area contributed by atoms with Crippen LogP contribution in [0.25, 0.3) is 0 Å². The van der Waals surface area contributed by atoms with Gasteiger partial charge in [-0.15, -0.1) is 0 Å². The first-order valence-electron chi connectivity index (χ1n) is 11.0. The van der Waals surface area contributed by atoms with Crippen molar-refractivity contribution in [1.29, 1.82) is 0 Å². The topological polar surface area (TPSA) is 71.5 Å². The van der Waals surface area contributed by atoms with Gasteiger partial charge in [-0.1, -0.05) is 48.0 Å². The summed E-state index contributed by atoms with van der Waals surface area (Å²) in [7, 11) is 1.70. The number of nitrogens with one attached hydrogen (secondary N) is 1. The van der Waals surface area contributed by atoms with Crippen LogP contribution < -0.4 is 10.2 Å². The fraction of sp³-hybridized carbons (Fsp3) is 0.375.